The van der Waals surface area contributed by atoms with Gasteiger partial charge in [-0.05, 0) is 37.6 Å². The maximum atomic E-state index is 12.9. The third kappa shape index (κ3) is 4.26. The second kappa shape index (κ2) is 8.58. The second-order valence-electron chi connectivity index (χ2n) is 6.24. The zero-order chi connectivity index (χ0) is 20.3. The van der Waals surface area contributed by atoms with Gasteiger partial charge in [0.15, 0.2) is 10.4 Å². The van der Waals surface area contributed by atoms with E-state index in [0.717, 1.165) is 11.3 Å². The Morgan fingerprint density at radius 2 is 1.93 bits per heavy atom. The zero-order valence-corrected chi connectivity index (χ0v) is 17.0. The van der Waals surface area contributed by atoms with Gasteiger partial charge in [0.25, 0.3) is 5.91 Å². The van der Waals surface area contributed by atoms with Crippen LogP contribution in [-0.2, 0) is 9.59 Å². The summed E-state index contributed by atoms with van der Waals surface area (Å²) in [5.74, 6) is -0.820. The molecule has 1 heterocycles. The number of aryl methyl sites for hydroxylation is 1. The summed E-state index contributed by atoms with van der Waals surface area (Å²) >= 11 is 6.61. The number of carboxylic acids is 1. The Morgan fingerprint density at radius 1 is 1.25 bits per heavy atom. The summed E-state index contributed by atoms with van der Waals surface area (Å²) in [6, 6.07) is 14.6. The number of anilines is 1. The molecule has 144 valence electrons. The number of para-hydroxylation sites is 1. The summed E-state index contributed by atoms with van der Waals surface area (Å²) < 4.78 is 6.10. The summed E-state index contributed by atoms with van der Waals surface area (Å²) in [5, 5.41) is 9.24. The SMILES string of the molecule is CCC(Oc1ccccc1/C=C1/SC(=S)N(c2ccc(C)cc2)C1=O)C(=O)O. The van der Waals surface area contributed by atoms with E-state index < -0.39 is 12.1 Å². The first-order valence-electron chi connectivity index (χ1n) is 8.73. The average molecular weight is 414 g/mol. The number of hydrogen-bond donors (Lipinski definition) is 1. The van der Waals surface area contributed by atoms with E-state index in [1.807, 2.05) is 31.2 Å². The van der Waals surface area contributed by atoms with Gasteiger partial charge in [0.1, 0.15) is 5.75 Å². The molecule has 0 saturated carbocycles. The number of thioether (sulfide) groups is 1. The van der Waals surface area contributed by atoms with Gasteiger partial charge >= 0.3 is 5.97 Å². The molecular weight excluding hydrogens is 394 g/mol. The fourth-order valence-electron chi connectivity index (χ4n) is 2.69. The molecule has 0 spiro atoms. The van der Waals surface area contributed by atoms with Crippen LogP contribution in [0.15, 0.2) is 53.4 Å². The van der Waals surface area contributed by atoms with Crippen LogP contribution in [0.3, 0.4) is 0 Å². The smallest absolute Gasteiger partial charge is 0.344 e. The third-order valence-electron chi connectivity index (χ3n) is 4.21. The minimum atomic E-state index is -1.03. The Hall–Kier alpha value is -2.64. The molecule has 1 amide bonds. The molecule has 28 heavy (non-hydrogen) atoms. The minimum absolute atomic E-state index is 0.209. The molecule has 1 unspecified atom stereocenters. The first kappa shape index (κ1) is 20.1. The van der Waals surface area contributed by atoms with Gasteiger partial charge in [0, 0.05) is 5.56 Å². The molecule has 0 radical (unpaired) electrons. The minimum Gasteiger partial charge on any atom is -0.479 e. The standard InChI is InChI=1S/C21H19NO4S2/c1-3-16(20(24)25)26-17-7-5-4-6-14(17)12-18-19(23)22(21(27)28-18)15-10-8-13(2)9-11-15/h4-12,16H,3H2,1-2H3,(H,24,25)/b18-12+. The summed E-state index contributed by atoms with van der Waals surface area (Å²) in [6.07, 6.45) is 1.08. The maximum Gasteiger partial charge on any atom is 0.344 e. The van der Waals surface area contributed by atoms with E-state index in [1.54, 1.807) is 37.3 Å². The predicted molar refractivity (Wildman–Crippen MR) is 116 cm³/mol. The van der Waals surface area contributed by atoms with Crippen molar-refractivity contribution in [3.8, 4) is 5.75 Å². The number of amides is 1. The Bertz CT molecular complexity index is 953. The van der Waals surface area contributed by atoms with E-state index in [0.29, 0.717) is 27.0 Å². The molecule has 2 aromatic rings. The molecule has 3 rings (SSSR count). The van der Waals surface area contributed by atoms with Crippen molar-refractivity contribution in [1.82, 2.24) is 0 Å². The summed E-state index contributed by atoms with van der Waals surface area (Å²) in [4.78, 5) is 26.2. The number of hydrogen-bond acceptors (Lipinski definition) is 5. The van der Waals surface area contributed by atoms with E-state index in [9.17, 15) is 14.7 Å². The van der Waals surface area contributed by atoms with Gasteiger partial charge in [-0.1, -0.05) is 66.8 Å². The molecule has 1 aliphatic heterocycles. The number of ether oxygens (including phenoxy) is 1. The molecule has 5 nitrogen and oxygen atoms in total. The highest BCUT2D eigenvalue weighted by atomic mass is 32.2. The van der Waals surface area contributed by atoms with Crippen LogP contribution < -0.4 is 9.64 Å². The highest BCUT2D eigenvalue weighted by molar-refractivity contribution is 8.27. The highest BCUT2D eigenvalue weighted by Gasteiger charge is 2.33. The molecule has 1 N–H and O–H groups in total. The number of rotatable bonds is 6. The number of carbonyl (C=O) groups excluding carboxylic acids is 1. The largest absolute Gasteiger partial charge is 0.479 e. The van der Waals surface area contributed by atoms with Gasteiger partial charge in [-0.2, -0.15) is 0 Å². The highest BCUT2D eigenvalue weighted by Crippen LogP contribution is 2.37. The van der Waals surface area contributed by atoms with E-state index >= 15 is 0 Å². The van der Waals surface area contributed by atoms with E-state index in [2.05, 4.69) is 0 Å². The molecule has 1 atom stereocenters. The number of carboxylic acid groups (broad SMARTS) is 1. The third-order valence-corrected chi connectivity index (χ3v) is 5.51. The van der Waals surface area contributed by atoms with Crippen molar-refractivity contribution >= 4 is 51.9 Å². The number of thiocarbonyl (C=S) groups is 1. The number of carbonyl (C=O) groups is 2. The lowest BCUT2D eigenvalue weighted by atomic mass is 10.1. The van der Waals surface area contributed by atoms with E-state index in [4.69, 9.17) is 17.0 Å². The fraction of sp³-hybridized carbons (Fsp3) is 0.190. The van der Waals surface area contributed by atoms with Gasteiger partial charge < -0.3 is 9.84 Å². The summed E-state index contributed by atoms with van der Waals surface area (Å²) in [7, 11) is 0. The molecule has 0 bridgehead atoms. The topological polar surface area (TPSA) is 66.8 Å². The first-order valence-corrected chi connectivity index (χ1v) is 9.96. The Morgan fingerprint density at radius 3 is 2.57 bits per heavy atom. The Labute approximate surface area is 173 Å². The number of aliphatic carboxylic acids is 1. The van der Waals surface area contributed by atoms with Crippen molar-refractivity contribution in [1.29, 1.82) is 0 Å². The summed E-state index contributed by atoms with van der Waals surface area (Å²) in [5.41, 5.74) is 2.45. The average Bonchev–Trinajstić information content (AvgIpc) is 2.95. The number of nitrogens with zero attached hydrogens (tertiary/aromatic N) is 1. The van der Waals surface area contributed by atoms with Crippen LogP contribution in [0.2, 0.25) is 0 Å². The molecule has 2 aromatic carbocycles. The van der Waals surface area contributed by atoms with Crippen LogP contribution in [0.4, 0.5) is 5.69 Å². The van der Waals surface area contributed by atoms with Crippen molar-refractivity contribution in [2.75, 3.05) is 4.90 Å². The summed E-state index contributed by atoms with van der Waals surface area (Å²) in [6.45, 7) is 3.72. The van der Waals surface area contributed by atoms with Crippen molar-refractivity contribution < 1.29 is 19.4 Å². The Balaban J connectivity index is 1.90. The lowest BCUT2D eigenvalue weighted by Gasteiger charge is -2.15. The van der Waals surface area contributed by atoms with Gasteiger partial charge in [-0.25, -0.2) is 4.79 Å². The monoisotopic (exact) mass is 413 g/mol. The lowest BCUT2D eigenvalue weighted by Crippen LogP contribution is -2.27. The molecule has 7 heteroatoms. The van der Waals surface area contributed by atoms with Crippen LogP contribution in [0.25, 0.3) is 6.08 Å². The van der Waals surface area contributed by atoms with Crippen LogP contribution in [-0.4, -0.2) is 27.4 Å². The predicted octanol–water partition coefficient (Wildman–Crippen LogP) is 4.64. The van der Waals surface area contributed by atoms with Crippen molar-refractivity contribution in [3.05, 3.63) is 64.6 Å². The molecular formula is C21H19NO4S2. The number of benzene rings is 2. The van der Waals surface area contributed by atoms with Gasteiger partial charge in [-0.3, -0.25) is 9.69 Å². The van der Waals surface area contributed by atoms with Crippen molar-refractivity contribution in [2.45, 2.75) is 26.4 Å². The molecule has 0 aromatic heterocycles. The van der Waals surface area contributed by atoms with Crippen molar-refractivity contribution in [2.24, 2.45) is 0 Å². The fourth-order valence-corrected chi connectivity index (χ4v) is 3.98. The molecule has 1 aliphatic rings. The molecule has 0 aliphatic carbocycles. The van der Waals surface area contributed by atoms with Crippen LogP contribution >= 0.6 is 24.0 Å². The zero-order valence-electron chi connectivity index (χ0n) is 15.4. The maximum absolute atomic E-state index is 12.9. The molecule has 1 fully saturated rings. The van der Waals surface area contributed by atoms with Gasteiger partial charge in [0.05, 0.1) is 10.6 Å². The first-order chi connectivity index (χ1) is 13.4. The lowest BCUT2D eigenvalue weighted by molar-refractivity contribution is -0.145. The van der Waals surface area contributed by atoms with E-state index in [1.165, 1.54) is 16.7 Å². The van der Waals surface area contributed by atoms with Crippen LogP contribution in [0, 0.1) is 6.92 Å². The quantitative estimate of drug-likeness (QED) is 0.550. The van der Waals surface area contributed by atoms with E-state index in [-0.39, 0.29) is 5.91 Å². The normalized spacial score (nSPS) is 16.5. The Kier molecular flexibility index (Phi) is 6.16. The molecule has 1 saturated heterocycles. The van der Waals surface area contributed by atoms with Crippen LogP contribution in [0.1, 0.15) is 24.5 Å². The van der Waals surface area contributed by atoms with Gasteiger partial charge in [-0.15, -0.1) is 0 Å². The van der Waals surface area contributed by atoms with Gasteiger partial charge in [0.2, 0.25) is 0 Å². The van der Waals surface area contributed by atoms with Crippen LogP contribution in [0.5, 0.6) is 5.75 Å². The second-order valence-corrected chi connectivity index (χ2v) is 7.92. The van der Waals surface area contributed by atoms with Crippen molar-refractivity contribution in [3.63, 3.8) is 0 Å².